The Bertz CT molecular complexity index is 1170. The van der Waals surface area contributed by atoms with Gasteiger partial charge in [-0.15, -0.1) is 0 Å². The molecule has 1 N–H and O–H groups in total. The van der Waals surface area contributed by atoms with Gasteiger partial charge in [0.05, 0.1) is 23.8 Å². The normalized spacial score (nSPS) is 16.4. The summed E-state index contributed by atoms with van der Waals surface area (Å²) in [7, 11) is 0. The molecule has 2 aromatic carbocycles. The van der Waals surface area contributed by atoms with Crippen molar-refractivity contribution < 1.29 is 9.21 Å². The Morgan fingerprint density at radius 1 is 1.04 bits per heavy atom. The van der Waals surface area contributed by atoms with Gasteiger partial charge in [-0.05, 0) is 42.5 Å². The van der Waals surface area contributed by atoms with Crippen molar-refractivity contribution in [3.05, 3.63) is 88.6 Å². The summed E-state index contributed by atoms with van der Waals surface area (Å²) >= 11 is 5.60. The van der Waals surface area contributed by atoms with E-state index in [1.807, 2.05) is 65.2 Å². The maximum absolute atomic E-state index is 13.1. The third kappa shape index (κ3) is 2.16. The van der Waals surface area contributed by atoms with E-state index in [4.69, 9.17) is 16.6 Å². The topological polar surface area (TPSA) is 54.2 Å². The summed E-state index contributed by atoms with van der Waals surface area (Å²) in [5.41, 5.74) is 3.57. The van der Waals surface area contributed by atoms with Crippen molar-refractivity contribution in [2.24, 2.45) is 0 Å². The Kier molecular flexibility index (Phi) is 3.33. The van der Waals surface area contributed by atoms with Gasteiger partial charge in [-0.3, -0.25) is 9.36 Å². The van der Waals surface area contributed by atoms with Crippen molar-refractivity contribution in [1.29, 1.82) is 0 Å². The minimum Gasteiger partial charge on any atom is -0.467 e. The summed E-state index contributed by atoms with van der Waals surface area (Å²) in [5.74, 6) is 0.719. The number of H-pyrrole nitrogens is 1. The SMILES string of the molecule is O=C1c2ccccc2C(n2c(=S)[nH]c3ccccc32)N1Cc1ccco1. The highest BCUT2D eigenvalue weighted by molar-refractivity contribution is 7.71. The molecule has 6 heteroatoms. The van der Waals surface area contributed by atoms with Gasteiger partial charge in [0.15, 0.2) is 4.77 Å². The Morgan fingerprint density at radius 2 is 1.85 bits per heavy atom. The monoisotopic (exact) mass is 361 g/mol. The Labute approximate surface area is 154 Å². The summed E-state index contributed by atoms with van der Waals surface area (Å²) in [6, 6.07) is 19.3. The molecule has 128 valence electrons. The highest BCUT2D eigenvalue weighted by atomic mass is 32.1. The fourth-order valence-corrected chi connectivity index (χ4v) is 3.98. The van der Waals surface area contributed by atoms with Gasteiger partial charge in [0.2, 0.25) is 0 Å². The minimum absolute atomic E-state index is 0.0193. The maximum atomic E-state index is 13.1. The molecular formula is C20H15N3O2S. The van der Waals surface area contributed by atoms with E-state index in [0.717, 1.165) is 22.4 Å². The molecule has 0 bridgehead atoms. The third-order valence-corrected chi connectivity index (χ3v) is 5.10. The lowest BCUT2D eigenvalue weighted by molar-refractivity contribution is 0.0670. The van der Waals surface area contributed by atoms with Crippen LogP contribution in [-0.2, 0) is 6.54 Å². The summed E-state index contributed by atoms with van der Waals surface area (Å²) in [4.78, 5) is 18.2. The number of carbonyl (C=O) groups is 1. The molecule has 2 aromatic heterocycles. The molecular weight excluding hydrogens is 346 g/mol. The predicted octanol–water partition coefficient (Wildman–Crippen LogP) is 4.49. The fourth-order valence-electron chi connectivity index (χ4n) is 3.67. The number of nitrogens with zero attached hydrogens (tertiary/aromatic N) is 2. The molecule has 0 radical (unpaired) electrons. The first-order chi connectivity index (χ1) is 12.7. The van der Waals surface area contributed by atoms with Crippen LogP contribution in [0.3, 0.4) is 0 Å². The number of para-hydroxylation sites is 2. The van der Waals surface area contributed by atoms with Gasteiger partial charge in [0, 0.05) is 11.1 Å². The number of furan rings is 1. The molecule has 1 atom stereocenters. The van der Waals surface area contributed by atoms with E-state index in [9.17, 15) is 4.79 Å². The number of carbonyl (C=O) groups excluding carboxylic acids is 1. The molecule has 0 spiro atoms. The van der Waals surface area contributed by atoms with Crippen molar-refractivity contribution >= 4 is 29.2 Å². The lowest BCUT2D eigenvalue weighted by Gasteiger charge is -2.26. The molecule has 1 aliphatic heterocycles. The molecule has 1 aliphatic rings. The molecule has 0 saturated heterocycles. The van der Waals surface area contributed by atoms with Gasteiger partial charge in [-0.1, -0.05) is 30.3 Å². The lowest BCUT2D eigenvalue weighted by Crippen LogP contribution is -2.31. The van der Waals surface area contributed by atoms with Crippen LogP contribution in [-0.4, -0.2) is 20.4 Å². The molecule has 1 unspecified atom stereocenters. The van der Waals surface area contributed by atoms with E-state index in [1.165, 1.54) is 0 Å². The second kappa shape index (κ2) is 5.71. The van der Waals surface area contributed by atoms with Crippen molar-refractivity contribution in [2.45, 2.75) is 12.7 Å². The van der Waals surface area contributed by atoms with E-state index >= 15 is 0 Å². The standard InChI is InChI=1S/C20H15N3O2S/c24-19-15-8-2-1-7-14(15)18(22(19)12-13-6-5-11-25-13)23-17-10-4-3-9-16(17)21-20(23)26/h1-11,18H,12H2,(H,21,26). The van der Waals surface area contributed by atoms with Crippen LogP contribution in [0.4, 0.5) is 0 Å². The van der Waals surface area contributed by atoms with E-state index in [-0.39, 0.29) is 12.1 Å². The molecule has 3 heterocycles. The van der Waals surface area contributed by atoms with Crippen molar-refractivity contribution in [1.82, 2.24) is 14.5 Å². The van der Waals surface area contributed by atoms with Crippen LogP contribution in [0.2, 0.25) is 0 Å². The minimum atomic E-state index is -0.313. The largest absolute Gasteiger partial charge is 0.467 e. The highest BCUT2D eigenvalue weighted by Crippen LogP contribution is 2.37. The van der Waals surface area contributed by atoms with E-state index < -0.39 is 0 Å². The van der Waals surface area contributed by atoms with Crippen LogP contribution in [0.1, 0.15) is 27.8 Å². The van der Waals surface area contributed by atoms with Crippen molar-refractivity contribution in [3.63, 3.8) is 0 Å². The smallest absolute Gasteiger partial charge is 0.256 e. The van der Waals surface area contributed by atoms with Crippen LogP contribution in [0.5, 0.6) is 0 Å². The number of hydrogen-bond acceptors (Lipinski definition) is 3. The van der Waals surface area contributed by atoms with Crippen LogP contribution in [0, 0.1) is 4.77 Å². The summed E-state index contributed by atoms with van der Waals surface area (Å²) < 4.78 is 8.09. The Morgan fingerprint density at radius 3 is 2.69 bits per heavy atom. The summed E-state index contributed by atoms with van der Waals surface area (Å²) in [5, 5.41) is 0. The third-order valence-electron chi connectivity index (χ3n) is 4.80. The molecule has 0 aliphatic carbocycles. The molecule has 5 nitrogen and oxygen atoms in total. The highest BCUT2D eigenvalue weighted by Gasteiger charge is 2.39. The van der Waals surface area contributed by atoms with Crippen LogP contribution in [0.25, 0.3) is 11.0 Å². The number of aromatic amines is 1. The first-order valence-electron chi connectivity index (χ1n) is 8.35. The molecule has 1 amide bonds. The van der Waals surface area contributed by atoms with E-state index in [1.54, 1.807) is 11.2 Å². The number of imidazole rings is 1. The zero-order valence-electron chi connectivity index (χ0n) is 13.8. The molecule has 0 fully saturated rings. The van der Waals surface area contributed by atoms with Crippen LogP contribution < -0.4 is 0 Å². The van der Waals surface area contributed by atoms with E-state index in [2.05, 4.69) is 4.98 Å². The molecule has 4 aromatic rings. The number of amides is 1. The fraction of sp³-hybridized carbons (Fsp3) is 0.100. The lowest BCUT2D eigenvalue weighted by atomic mass is 10.1. The molecule has 26 heavy (non-hydrogen) atoms. The van der Waals surface area contributed by atoms with Gasteiger partial charge >= 0.3 is 0 Å². The second-order valence-electron chi connectivity index (χ2n) is 6.29. The molecule has 0 saturated carbocycles. The van der Waals surface area contributed by atoms with E-state index in [0.29, 0.717) is 16.9 Å². The number of hydrogen-bond donors (Lipinski definition) is 1. The van der Waals surface area contributed by atoms with Gasteiger partial charge < -0.3 is 14.3 Å². The first-order valence-corrected chi connectivity index (χ1v) is 8.76. The van der Waals surface area contributed by atoms with Gasteiger partial charge in [0.25, 0.3) is 5.91 Å². The Hall–Kier alpha value is -3.12. The van der Waals surface area contributed by atoms with Crippen molar-refractivity contribution in [3.8, 4) is 0 Å². The van der Waals surface area contributed by atoms with Gasteiger partial charge in [0.1, 0.15) is 11.9 Å². The average Bonchev–Trinajstić information content (AvgIpc) is 3.34. The number of fused-ring (bicyclic) bond motifs is 2. The first kappa shape index (κ1) is 15.2. The van der Waals surface area contributed by atoms with Gasteiger partial charge in [-0.25, -0.2) is 0 Å². The van der Waals surface area contributed by atoms with Gasteiger partial charge in [-0.2, -0.15) is 0 Å². The Balaban J connectivity index is 1.74. The predicted molar refractivity (Wildman–Crippen MR) is 100 cm³/mol. The second-order valence-corrected chi connectivity index (χ2v) is 6.68. The number of nitrogens with one attached hydrogen (secondary N) is 1. The summed E-state index contributed by atoms with van der Waals surface area (Å²) in [6.45, 7) is 0.381. The van der Waals surface area contributed by atoms with Crippen LogP contribution >= 0.6 is 12.2 Å². The maximum Gasteiger partial charge on any atom is 0.256 e. The van der Waals surface area contributed by atoms with Crippen molar-refractivity contribution in [2.75, 3.05) is 0 Å². The number of rotatable bonds is 3. The summed E-state index contributed by atoms with van der Waals surface area (Å²) in [6.07, 6.45) is 1.31. The van der Waals surface area contributed by atoms with Crippen LogP contribution in [0.15, 0.2) is 71.3 Å². The quantitative estimate of drug-likeness (QED) is 0.547. The number of benzene rings is 2. The number of aromatic nitrogens is 2. The molecule has 5 rings (SSSR count). The zero-order chi connectivity index (χ0) is 17.7. The zero-order valence-corrected chi connectivity index (χ0v) is 14.6. The average molecular weight is 361 g/mol.